The Kier molecular flexibility index (Phi) is 5.36. The summed E-state index contributed by atoms with van der Waals surface area (Å²) in [6.07, 6.45) is 3.76. The number of likely N-dealkylation sites (N-methyl/N-ethyl adjacent to an activating group) is 1. The van der Waals surface area contributed by atoms with Gasteiger partial charge in [0.1, 0.15) is 11.5 Å². The van der Waals surface area contributed by atoms with Gasteiger partial charge in [-0.3, -0.25) is 14.7 Å². The van der Waals surface area contributed by atoms with Crippen molar-refractivity contribution in [1.29, 1.82) is 0 Å². The summed E-state index contributed by atoms with van der Waals surface area (Å²) >= 11 is 0. The molecule has 8 heteroatoms. The van der Waals surface area contributed by atoms with E-state index >= 15 is 0 Å². The van der Waals surface area contributed by atoms with E-state index in [9.17, 15) is 14.0 Å². The SMILES string of the molecule is CN1CC[C@]2(C(=O)NCc3cccc(F)c3)CCCN(C(=O)c3ccn[nH]3)[C@H]2C1. The Bertz CT molecular complexity index is 887. The number of nitrogens with one attached hydrogen (secondary N) is 2. The van der Waals surface area contributed by atoms with Crippen molar-refractivity contribution in [1.82, 2.24) is 25.3 Å². The van der Waals surface area contributed by atoms with Crippen molar-refractivity contribution < 1.29 is 14.0 Å². The second-order valence-corrected chi connectivity index (χ2v) is 8.07. The van der Waals surface area contributed by atoms with Crippen LogP contribution in [0.5, 0.6) is 0 Å². The zero-order chi connectivity index (χ0) is 20.4. The lowest BCUT2D eigenvalue weighted by atomic mass is 9.67. The van der Waals surface area contributed by atoms with E-state index in [1.54, 1.807) is 24.4 Å². The predicted molar refractivity (Wildman–Crippen MR) is 105 cm³/mol. The average Bonchev–Trinajstić information content (AvgIpc) is 3.26. The molecule has 0 saturated carbocycles. The summed E-state index contributed by atoms with van der Waals surface area (Å²) in [5.41, 5.74) is 0.531. The van der Waals surface area contributed by atoms with Gasteiger partial charge < -0.3 is 15.1 Å². The monoisotopic (exact) mass is 399 g/mol. The maximum atomic E-state index is 13.5. The molecule has 0 unspecified atom stereocenters. The number of likely N-dealkylation sites (tertiary alicyclic amines) is 2. The molecule has 0 spiro atoms. The van der Waals surface area contributed by atoms with E-state index in [0.29, 0.717) is 25.2 Å². The minimum absolute atomic E-state index is 0.0537. The Hall–Kier alpha value is -2.74. The van der Waals surface area contributed by atoms with Crippen LogP contribution in [0, 0.1) is 11.2 Å². The molecule has 0 radical (unpaired) electrons. The first-order valence-electron chi connectivity index (χ1n) is 10.0. The number of halogens is 1. The molecule has 1 aromatic carbocycles. The maximum absolute atomic E-state index is 13.5. The number of piperidine rings is 2. The van der Waals surface area contributed by atoms with Gasteiger partial charge in [0.2, 0.25) is 5.91 Å². The van der Waals surface area contributed by atoms with E-state index in [1.807, 2.05) is 11.9 Å². The standard InChI is InChI=1S/C21H26FN5O2/c1-26-11-8-21(20(29)23-13-15-4-2-5-16(22)12-15)7-3-10-27(18(21)14-26)19(28)17-6-9-24-25-17/h2,4-6,9,12,18H,3,7-8,10-11,13-14H2,1H3,(H,23,29)(H,24,25)/t18-,21+/m0/s1. The third-order valence-corrected chi connectivity index (χ3v) is 6.25. The summed E-state index contributed by atoms with van der Waals surface area (Å²) < 4.78 is 13.5. The summed E-state index contributed by atoms with van der Waals surface area (Å²) in [5.74, 6) is -0.493. The highest BCUT2D eigenvalue weighted by Crippen LogP contribution is 2.43. The number of amides is 2. The molecular formula is C21H26FN5O2. The molecule has 154 valence electrons. The number of benzene rings is 1. The molecule has 0 bridgehead atoms. The lowest BCUT2D eigenvalue weighted by molar-refractivity contribution is -0.142. The van der Waals surface area contributed by atoms with Gasteiger partial charge in [-0.1, -0.05) is 12.1 Å². The van der Waals surface area contributed by atoms with Crippen molar-refractivity contribution >= 4 is 11.8 Å². The van der Waals surface area contributed by atoms with E-state index in [-0.39, 0.29) is 30.2 Å². The Balaban J connectivity index is 1.56. The van der Waals surface area contributed by atoms with Crippen LogP contribution in [0.2, 0.25) is 0 Å². The summed E-state index contributed by atoms with van der Waals surface area (Å²) in [6, 6.07) is 7.70. The molecule has 2 aromatic rings. The Labute approximate surface area is 169 Å². The van der Waals surface area contributed by atoms with Crippen molar-refractivity contribution in [2.45, 2.75) is 31.8 Å². The van der Waals surface area contributed by atoms with E-state index in [1.165, 1.54) is 12.1 Å². The first-order chi connectivity index (χ1) is 14.0. The third kappa shape index (κ3) is 3.76. The van der Waals surface area contributed by atoms with Gasteiger partial charge in [-0.2, -0.15) is 5.10 Å². The number of aromatic nitrogens is 2. The quantitative estimate of drug-likeness (QED) is 0.821. The van der Waals surface area contributed by atoms with Gasteiger partial charge in [0.15, 0.2) is 0 Å². The fourth-order valence-electron chi connectivity index (χ4n) is 4.68. The molecule has 1 aromatic heterocycles. The zero-order valence-corrected chi connectivity index (χ0v) is 16.5. The van der Waals surface area contributed by atoms with Crippen LogP contribution in [0.1, 0.15) is 35.3 Å². The lowest BCUT2D eigenvalue weighted by Gasteiger charge is -2.53. The number of hydrogen-bond donors (Lipinski definition) is 2. The number of carbonyl (C=O) groups excluding carboxylic acids is 2. The molecule has 2 aliphatic heterocycles. The van der Waals surface area contributed by atoms with Crippen molar-refractivity contribution in [2.75, 3.05) is 26.7 Å². The molecule has 2 amide bonds. The van der Waals surface area contributed by atoms with Crippen LogP contribution < -0.4 is 5.32 Å². The van der Waals surface area contributed by atoms with Gasteiger partial charge in [-0.15, -0.1) is 0 Å². The highest BCUT2D eigenvalue weighted by Gasteiger charge is 2.53. The molecule has 2 fully saturated rings. The largest absolute Gasteiger partial charge is 0.351 e. The number of rotatable bonds is 4. The number of fused-ring (bicyclic) bond motifs is 1. The smallest absolute Gasteiger partial charge is 0.272 e. The number of H-pyrrole nitrogens is 1. The Morgan fingerprint density at radius 2 is 2.17 bits per heavy atom. The maximum Gasteiger partial charge on any atom is 0.272 e. The third-order valence-electron chi connectivity index (χ3n) is 6.25. The minimum atomic E-state index is -0.631. The fourth-order valence-corrected chi connectivity index (χ4v) is 4.68. The Morgan fingerprint density at radius 3 is 2.93 bits per heavy atom. The van der Waals surface area contributed by atoms with Gasteiger partial charge in [-0.25, -0.2) is 4.39 Å². The van der Waals surface area contributed by atoms with Gasteiger partial charge in [0, 0.05) is 25.8 Å². The van der Waals surface area contributed by atoms with Gasteiger partial charge in [0.05, 0.1) is 11.5 Å². The summed E-state index contributed by atoms with van der Waals surface area (Å²) in [7, 11) is 2.02. The lowest BCUT2D eigenvalue weighted by Crippen LogP contribution is -2.66. The van der Waals surface area contributed by atoms with Crippen molar-refractivity contribution in [2.24, 2.45) is 5.41 Å². The van der Waals surface area contributed by atoms with Crippen LogP contribution in [-0.2, 0) is 11.3 Å². The van der Waals surface area contributed by atoms with Crippen LogP contribution >= 0.6 is 0 Å². The first-order valence-corrected chi connectivity index (χ1v) is 10.0. The van der Waals surface area contributed by atoms with Gasteiger partial charge >= 0.3 is 0 Å². The van der Waals surface area contributed by atoms with Crippen molar-refractivity contribution in [3.63, 3.8) is 0 Å². The minimum Gasteiger partial charge on any atom is -0.351 e. The van der Waals surface area contributed by atoms with Gasteiger partial charge in [-0.05, 0) is 56.6 Å². The van der Waals surface area contributed by atoms with Crippen LogP contribution in [0.3, 0.4) is 0 Å². The van der Waals surface area contributed by atoms with Crippen LogP contribution in [0.25, 0.3) is 0 Å². The molecule has 2 atom stereocenters. The zero-order valence-electron chi connectivity index (χ0n) is 16.5. The van der Waals surface area contributed by atoms with E-state index < -0.39 is 5.41 Å². The first kappa shape index (κ1) is 19.6. The average molecular weight is 399 g/mol. The molecule has 7 nitrogen and oxygen atoms in total. The summed E-state index contributed by atoms with van der Waals surface area (Å²) in [4.78, 5) is 30.5. The number of carbonyl (C=O) groups is 2. The normalized spacial score (nSPS) is 24.8. The topological polar surface area (TPSA) is 81.3 Å². The molecule has 29 heavy (non-hydrogen) atoms. The molecular weight excluding hydrogens is 373 g/mol. The number of nitrogens with zero attached hydrogens (tertiary/aromatic N) is 3. The number of hydrogen-bond acceptors (Lipinski definition) is 4. The molecule has 3 heterocycles. The highest BCUT2D eigenvalue weighted by atomic mass is 19.1. The second-order valence-electron chi connectivity index (χ2n) is 8.07. The second kappa shape index (κ2) is 7.94. The van der Waals surface area contributed by atoms with Crippen LogP contribution in [0.15, 0.2) is 36.5 Å². The van der Waals surface area contributed by atoms with Gasteiger partial charge in [0.25, 0.3) is 5.91 Å². The summed E-state index contributed by atoms with van der Waals surface area (Å²) in [5, 5.41) is 9.64. The van der Waals surface area contributed by atoms with Crippen LogP contribution in [-0.4, -0.2) is 64.5 Å². The molecule has 2 N–H and O–H groups in total. The molecule has 0 aliphatic carbocycles. The molecule has 2 saturated heterocycles. The van der Waals surface area contributed by atoms with E-state index in [0.717, 1.165) is 24.9 Å². The number of aromatic amines is 1. The fraction of sp³-hybridized carbons (Fsp3) is 0.476. The molecule has 2 aliphatic rings. The Morgan fingerprint density at radius 1 is 1.31 bits per heavy atom. The van der Waals surface area contributed by atoms with Crippen molar-refractivity contribution in [3.8, 4) is 0 Å². The van der Waals surface area contributed by atoms with E-state index in [4.69, 9.17) is 0 Å². The van der Waals surface area contributed by atoms with E-state index in [2.05, 4.69) is 20.4 Å². The highest BCUT2D eigenvalue weighted by molar-refractivity contribution is 5.93. The molecule has 4 rings (SSSR count). The summed E-state index contributed by atoms with van der Waals surface area (Å²) in [6.45, 7) is 2.34. The van der Waals surface area contributed by atoms with Crippen LogP contribution in [0.4, 0.5) is 4.39 Å². The predicted octanol–water partition coefficient (Wildman–Crippen LogP) is 1.79. The van der Waals surface area contributed by atoms with Crippen molar-refractivity contribution in [3.05, 3.63) is 53.6 Å².